The lowest BCUT2D eigenvalue weighted by Crippen LogP contribution is -2.24. The lowest BCUT2D eigenvalue weighted by atomic mass is 10.4. The first-order valence-corrected chi connectivity index (χ1v) is 4.86. The Bertz CT molecular complexity index is 262. The van der Waals surface area contributed by atoms with Gasteiger partial charge in [-0.1, -0.05) is 0 Å². The number of likely N-dealkylation sites (tertiary alicyclic amines) is 1. The Hall–Kier alpha value is -1.03. The predicted octanol–water partition coefficient (Wildman–Crippen LogP) is 0.561. The molecule has 0 aliphatic carbocycles. The molecule has 0 spiro atoms. The quantitative estimate of drug-likeness (QED) is 0.739. The number of nitrogens with zero attached hydrogens (tertiary/aromatic N) is 3. The summed E-state index contributed by atoms with van der Waals surface area (Å²) in [6, 6.07) is 1.84. The van der Waals surface area contributed by atoms with Crippen LogP contribution >= 0.6 is 0 Å². The van der Waals surface area contributed by atoms with E-state index in [1.807, 2.05) is 16.9 Å². The van der Waals surface area contributed by atoms with E-state index < -0.39 is 0 Å². The molecule has 0 atom stereocenters. The van der Waals surface area contributed by atoms with Crippen molar-refractivity contribution in [1.29, 1.82) is 0 Å². The van der Waals surface area contributed by atoms with Gasteiger partial charge < -0.3 is 10.6 Å². The SMILES string of the molecule is Nc1ccn(CCN2CCCC2)n1. The molecule has 1 aromatic rings. The molecule has 2 rings (SSSR count). The second-order valence-corrected chi connectivity index (χ2v) is 3.55. The zero-order chi connectivity index (χ0) is 9.10. The Balaban J connectivity index is 1.78. The smallest absolute Gasteiger partial charge is 0.145 e. The average molecular weight is 180 g/mol. The fourth-order valence-corrected chi connectivity index (χ4v) is 1.75. The van der Waals surface area contributed by atoms with E-state index >= 15 is 0 Å². The lowest BCUT2D eigenvalue weighted by Gasteiger charge is -2.13. The fourth-order valence-electron chi connectivity index (χ4n) is 1.75. The van der Waals surface area contributed by atoms with Crippen molar-refractivity contribution in [1.82, 2.24) is 14.7 Å². The van der Waals surface area contributed by atoms with Gasteiger partial charge in [-0.2, -0.15) is 5.10 Å². The molecule has 1 aromatic heterocycles. The van der Waals surface area contributed by atoms with Gasteiger partial charge in [0, 0.05) is 12.7 Å². The molecule has 0 bridgehead atoms. The van der Waals surface area contributed by atoms with Crippen LogP contribution in [-0.2, 0) is 6.54 Å². The van der Waals surface area contributed by atoms with Crippen LogP contribution in [0.1, 0.15) is 12.8 Å². The summed E-state index contributed by atoms with van der Waals surface area (Å²) in [5.41, 5.74) is 5.52. The lowest BCUT2D eigenvalue weighted by molar-refractivity contribution is 0.316. The predicted molar refractivity (Wildman–Crippen MR) is 52.3 cm³/mol. The summed E-state index contributed by atoms with van der Waals surface area (Å²) < 4.78 is 1.91. The summed E-state index contributed by atoms with van der Waals surface area (Å²) in [6.07, 6.45) is 4.63. The Morgan fingerprint density at radius 2 is 2.08 bits per heavy atom. The summed E-state index contributed by atoms with van der Waals surface area (Å²) in [5.74, 6) is 0.612. The normalized spacial score (nSPS) is 18.2. The van der Waals surface area contributed by atoms with E-state index in [-0.39, 0.29) is 0 Å². The van der Waals surface area contributed by atoms with Crippen LogP contribution in [-0.4, -0.2) is 34.3 Å². The fraction of sp³-hybridized carbons (Fsp3) is 0.667. The molecule has 0 saturated carbocycles. The zero-order valence-electron chi connectivity index (χ0n) is 7.82. The molecule has 1 aliphatic rings. The molecular formula is C9H16N4. The molecule has 1 fully saturated rings. The number of hydrogen-bond acceptors (Lipinski definition) is 3. The van der Waals surface area contributed by atoms with Gasteiger partial charge in [-0.3, -0.25) is 4.68 Å². The number of hydrogen-bond donors (Lipinski definition) is 1. The first-order chi connectivity index (χ1) is 6.34. The van der Waals surface area contributed by atoms with Crippen LogP contribution in [0.25, 0.3) is 0 Å². The van der Waals surface area contributed by atoms with Gasteiger partial charge in [-0.05, 0) is 32.0 Å². The number of anilines is 1. The van der Waals surface area contributed by atoms with Gasteiger partial charge in [-0.15, -0.1) is 0 Å². The minimum Gasteiger partial charge on any atom is -0.382 e. The molecule has 0 amide bonds. The summed E-state index contributed by atoms with van der Waals surface area (Å²) in [4.78, 5) is 2.47. The maximum absolute atomic E-state index is 5.52. The van der Waals surface area contributed by atoms with Crippen LogP contribution in [0.15, 0.2) is 12.3 Å². The summed E-state index contributed by atoms with van der Waals surface area (Å²) in [7, 11) is 0. The van der Waals surface area contributed by atoms with Gasteiger partial charge in [0.25, 0.3) is 0 Å². The minimum atomic E-state index is 0.612. The van der Waals surface area contributed by atoms with E-state index in [1.54, 1.807) is 0 Å². The number of nitrogen functional groups attached to an aromatic ring is 1. The van der Waals surface area contributed by atoms with Crippen molar-refractivity contribution in [3.05, 3.63) is 12.3 Å². The van der Waals surface area contributed by atoms with Crippen molar-refractivity contribution in [2.24, 2.45) is 0 Å². The van der Waals surface area contributed by atoms with E-state index in [2.05, 4.69) is 10.00 Å². The molecule has 13 heavy (non-hydrogen) atoms. The van der Waals surface area contributed by atoms with Crippen LogP contribution in [0, 0.1) is 0 Å². The van der Waals surface area contributed by atoms with Crippen LogP contribution in [0.5, 0.6) is 0 Å². The highest BCUT2D eigenvalue weighted by molar-refractivity contribution is 5.23. The van der Waals surface area contributed by atoms with Crippen molar-refractivity contribution in [3.63, 3.8) is 0 Å². The highest BCUT2D eigenvalue weighted by Gasteiger charge is 2.10. The summed E-state index contributed by atoms with van der Waals surface area (Å²) in [6.45, 7) is 4.55. The third-order valence-corrected chi connectivity index (χ3v) is 2.51. The molecule has 1 saturated heterocycles. The van der Waals surface area contributed by atoms with Crippen molar-refractivity contribution in [2.75, 3.05) is 25.4 Å². The molecule has 2 heterocycles. The molecule has 72 valence electrons. The third kappa shape index (κ3) is 2.21. The Labute approximate surface area is 78.3 Å². The highest BCUT2D eigenvalue weighted by Crippen LogP contribution is 2.06. The van der Waals surface area contributed by atoms with E-state index in [0.717, 1.165) is 13.1 Å². The highest BCUT2D eigenvalue weighted by atomic mass is 15.3. The van der Waals surface area contributed by atoms with Gasteiger partial charge in [0.1, 0.15) is 5.82 Å². The van der Waals surface area contributed by atoms with Gasteiger partial charge >= 0.3 is 0 Å². The Kier molecular flexibility index (Phi) is 2.49. The van der Waals surface area contributed by atoms with Gasteiger partial charge in [-0.25, -0.2) is 0 Å². The Morgan fingerprint density at radius 3 is 2.69 bits per heavy atom. The molecule has 4 heteroatoms. The summed E-state index contributed by atoms with van der Waals surface area (Å²) >= 11 is 0. The largest absolute Gasteiger partial charge is 0.382 e. The van der Waals surface area contributed by atoms with Gasteiger partial charge in [0.2, 0.25) is 0 Å². The molecule has 0 aromatic carbocycles. The van der Waals surface area contributed by atoms with Crippen LogP contribution < -0.4 is 5.73 Å². The number of rotatable bonds is 3. The second-order valence-electron chi connectivity index (χ2n) is 3.55. The van der Waals surface area contributed by atoms with Crippen molar-refractivity contribution in [3.8, 4) is 0 Å². The molecule has 2 N–H and O–H groups in total. The van der Waals surface area contributed by atoms with E-state index in [9.17, 15) is 0 Å². The monoisotopic (exact) mass is 180 g/mol. The van der Waals surface area contributed by atoms with E-state index in [4.69, 9.17) is 5.73 Å². The van der Waals surface area contributed by atoms with Crippen molar-refractivity contribution >= 4 is 5.82 Å². The maximum Gasteiger partial charge on any atom is 0.145 e. The van der Waals surface area contributed by atoms with Crippen LogP contribution in [0.2, 0.25) is 0 Å². The molecular weight excluding hydrogens is 164 g/mol. The Morgan fingerprint density at radius 1 is 1.31 bits per heavy atom. The maximum atomic E-state index is 5.52. The van der Waals surface area contributed by atoms with Crippen LogP contribution in [0.3, 0.4) is 0 Å². The van der Waals surface area contributed by atoms with E-state index in [1.165, 1.54) is 25.9 Å². The first-order valence-electron chi connectivity index (χ1n) is 4.86. The first kappa shape index (κ1) is 8.56. The standard InChI is InChI=1S/C9H16N4/c10-9-3-6-13(11-9)8-7-12-4-1-2-5-12/h3,6H,1-2,4-5,7-8H2,(H2,10,11). The topological polar surface area (TPSA) is 47.1 Å². The van der Waals surface area contributed by atoms with Crippen LogP contribution in [0.4, 0.5) is 5.82 Å². The second kappa shape index (κ2) is 3.79. The van der Waals surface area contributed by atoms with Gasteiger partial charge in [0.05, 0.1) is 6.54 Å². The zero-order valence-corrected chi connectivity index (χ0v) is 7.82. The van der Waals surface area contributed by atoms with E-state index in [0.29, 0.717) is 5.82 Å². The minimum absolute atomic E-state index is 0.612. The molecule has 4 nitrogen and oxygen atoms in total. The number of nitrogens with two attached hydrogens (primary N) is 1. The average Bonchev–Trinajstić information content (AvgIpc) is 2.71. The molecule has 1 aliphatic heterocycles. The summed E-state index contributed by atoms with van der Waals surface area (Å²) in [5, 5.41) is 4.14. The third-order valence-electron chi connectivity index (χ3n) is 2.51. The van der Waals surface area contributed by atoms with Crippen molar-refractivity contribution < 1.29 is 0 Å². The molecule has 0 radical (unpaired) electrons. The molecule has 0 unspecified atom stereocenters. The van der Waals surface area contributed by atoms with Gasteiger partial charge in [0.15, 0.2) is 0 Å². The van der Waals surface area contributed by atoms with Crippen molar-refractivity contribution in [2.45, 2.75) is 19.4 Å². The number of aromatic nitrogens is 2.